The molecule has 0 bridgehead atoms. The van der Waals surface area contributed by atoms with E-state index in [1.165, 1.54) is 0 Å². The molecule has 0 saturated heterocycles. The number of nitrogens with one attached hydrogen (secondary N) is 2. The van der Waals surface area contributed by atoms with Crippen LogP contribution >= 0.6 is 0 Å². The first-order chi connectivity index (χ1) is 11.7. The molecule has 0 saturated carbocycles. The molecule has 1 amide bonds. The van der Waals surface area contributed by atoms with Gasteiger partial charge < -0.3 is 20.1 Å². The lowest BCUT2D eigenvalue weighted by Crippen LogP contribution is -2.14. The van der Waals surface area contributed by atoms with Crippen molar-refractivity contribution in [3.63, 3.8) is 0 Å². The molecule has 128 valence electrons. The summed E-state index contributed by atoms with van der Waals surface area (Å²) in [5.41, 5.74) is 2.41. The Morgan fingerprint density at radius 3 is 2.62 bits per heavy atom. The van der Waals surface area contributed by atoms with Gasteiger partial charge in [-0.2, -0.15) is 0 Å². The fourth-order valence-electron chi connectivity index (χ4n) is 2.32. The lowest BCUT2D eigenvalue weighted by Gasteiger charge is -2.12. The summed E-state index contributed by atoms with van der Waals surface area (Å²) < 4.78 is 10.8. The summed E-state index contributed by atoms with van der Waals surface area (Å²) in [4.78, 5) is 12.5. The number of carbonyl (C=O) groups excluding carboxylic acids is 1. The molecule has 0 atom stereocenters. The molecule has 0 fully saturated rings. The van der Waals surface area contributed by atoms with Gasteiger partial charge >= 0.3 is 0 Å². The molecule has 2 N–H and O–H groups in total. The van der Waals surface area contributed by atoms with Crippen LogP contribution in [0, 0.1) is 0 Å². The smallest absolute Gasteiger partial charge is 0.255 e. The molecule has 0 aliphatic carbocycles. The average Bonchev–Trinajstić information content (AvgIpc) is 2.60. The lowest BCUT2D eigenvalue weighted by atomic mass is 10.1. The van der Waals surface area contributed by atoms with Crippen LogP contribution in [0.2, 0.25) is 0 Å². The Kier molecular flexibility index (Phi) is 6.63. The first kappa shape index (κ1) is 17.8. The molecule has 0 aliphatic rings. The minimum Gasteiger partial charge on any atom is -0.493 e. The van der Waals surface area contributed by atoms with Crippen LogP contribution in [0.25, 0.3) is 0 Å². The van der Waals surface area contributed by atoms with Crippen LogP contribution in [0.5, 0.6) is 11.5 Å². The molecule has 0 spiro atoms. The fourth-order valence-corrected chi connectivity index (χ4v) is 2.32. The second-order valence-corrected chi connectivity index (χ2v) is 5.23. The molecular weight excluding hydrogens is 304 g/mol. The highest BCUT2D eigenvalue weighted by atomic mass is 16.5. The van der Waals surface area contributed by atoms with E-state index in [0.717, 1.165) is 24.3 Å². The number of ether oxygens (including phenoxy) is 2. The van der Waals surface area contributed by atoms with E-state index >= 15 is 0 Å². The summed E-state index contributed by atoms with van der Waals surface area (Å²) in [5, 5.41) is 6.18. The predicted octanol–water partition coefficient (Wildman–Crippen LogP) is 3.46. The lowest BCUT2D eigenvalue weighted by molar-refractivity contribution is 0.102. The number of anilines is 1. The van der Waals surface area contributed by atoms with Crippen molar-refractivity contribution < 1.29 is 14.3 Å². The zero-order chi connectivity index (χ0) is 17.4. The SMILES string of the molecule is CCNCc1cccc(NC(=O)c2ccc(OCC)c(OC)c2)c1. The monoisotopic (exact) mass is 328 g/mol. The number of benzene rings is 2. The quantitative estimate of drug-likeness (QED) is 0.779. The first-order valence-corrected chi connectivity index (χ1v) is 8.09. The molecule has 0 heterocycles. The van der Waals surface area contributed by atoms with E-state index in [0.29, 0.717) is 23.7 Å². The van der Waals surface area contributed by atoms with Gasteiger partial charge in [0.05, 0.1) is 13.7 Å². The van der Waals surface area contributed by atoms with E-state index < -0.39 is 0 Å². The van der Waals surface area contributed by atoms with Crippen LogP contribution in [0.4, 0.5) is 5.69 Å². The molecule has 2 rings (SSSR count). The van der Waals surface area contributed by atoms with Crippen molar-refractivity contribution in [2.24, 2.45) is 0 Å². The fraction of sp³-hybridized carbons (Fsp3) is 0.316. The van der Waals surface area contributed by atoms with Gasteiger partial charge in [-0.25, -0.2) is 0 Å². The van der Waals surface area contributed by atoms with Crippen molar-refractivity contribution in [1.29, 1.82) is 0 Å². The van der Waals surface area contributed by atoms with Crippen molar-refractivity contribution >= 4 is 11.6 Å². The van der Waals surface area contributed by atoms with E-state index in [4.69, 9.17) is 9.47 Å². The highest BCUT2D eigenvalue weighted by molar-refractivity contribution is 6.04. The highest BCUT2D eigenvalue weighted by Crippen LogP contribution is 2.28. The highest BCUT2D eigenvalue weighted by Gasteiger charge is 2.11. The maximum Gasteiger partial charge on any atom is 0.255 e. The minimum atomic E-state index is -0.183. The van der Waals surface area contributed by atoms with E-state index in [1.807, 2.05) is 31.2 Å². The molecule has 5 nitrogen and oxygen atoms in total. The van der Waals surface area contributed by atoms with Crippen molar-refractivity contribution in [2.75, 3.05) is 25.6 Å². The van der Waals surface area contributed by atoms with Gasteiger partial charge in [0.2, 0.25) is 0 Å². The summed E-state index contributed by atoms with van der Waals surface area (Å²) in [7, 11) is 1.56. The first-order valence-electron chi connectivity index (χ1n) is 8.09. The van der Waals surface area contributed by atoms with Gasteiger partial charge in [0.1, 0.15) is 0 Å². The predicted molar refractivity (Wildman–Crippen MR) is 95.9 cm³/mol. The van der Waals surface area contributed by atoms with Crippen LogP contribution in [0.3, 0.4) is 0 Å². The van der Waals surface area contributed by atoms with Crippen LogP contribution in [0.1, 0.15) is 29.8 Å². The van der Waals surface area contributed by atoms with E-state index in [-0.39, 0.29) is 5.91 Å². The van der Waals surface area contributed by atoms with E-state index in [1.54, 1.807) is 25.3 Å². The van der Waals surface area contributed by atoms with Crippen molar-refractivity contribution in [3.8, 4) is 11.5 Å². The molecule has 0 aromatic heterocycles. The second-order valence-electron chi connectivity index (χ2n) is 5.23. The van der Waals surface area contributed by atoms with Gasteiger partial charge in [-0.3, -0.25) is 4.79 Å². The molecule has 24 heavy (non-hydrogen) atoms. The van der Waals surface area contributed by atoms with Gasteiger partial charge in [0.25, 0.3) is 5.91 Å². The normalized spacial score (nSPS) is 10.3. The van der Waals surface area contributed by atoms with E-state index in [9.17, 15) is 4.79 Å². The number of carbonyl (C=O) groups is 1. The van der Waals surface area contributed by atoms with Crippen LogP contribution in [-0.2, 0) is 6.54 Å². The Hall–Kier alpha value is -2.53. The third kappa shape index (κ3) is 4.73. The average molecular weight is 328 g/mol. The Labute approximate surface area is 143 Å². The molecule has 0 radical (unpaired) electrons. The standard InChI is InChI=1S/C19H24N2O3/c1-4-20-13-14-7-6-8-16(11-14)21-19(22)15-9-10-17(24-5-2)18(12-15)23-3/h6-12,20H,4-5,13H2,1-3H3,(H,21,22). The van der Waals surface area contributed by atoms with Gasteiger partial charge in [-0.1, -0.05) is 19.1 Å². The maximum absolute atomic E-state index is 12.5. The van der Waals surface area contributed by atoms with Crippen molar-refractivity contribution in [3.05, 3.63) is 53.6 Å². The Morgan fingerprint density at radius 1 is 1.08 bits per heavy atom. The van der Waals surface area contributed by atoms with Crippen LogP contribution in [-0.4, -0.2) is 26.2 Å². The second kappa shape index (κ2) is 8.93. The maximum atomic E-state index is 12.5. The summed E-state index contributed by atoms with van der Waals surface area (Å²) in [5.74, 6) is 0.992. The van der Waals surface area contributed by atoms with Crippen LogP contribution < -0.4 is 20.1 Å². The molecule has 2 aromatic carbocycles. The van der Waals surface area contributed by atoms with Gasteiger partial charge in [0, 0.05) is 17.8 Å². The Balaban J connectivity index is 2.12. The van der Waals surface area contributed by atoms with Crippen LogP contribution in [0.15, 0.2) is 42.5 Å². The number of amides is 1. The third-order valence-electron chi connectivity index (χ3n) is 3.49. The van der Waals surface area contributed by atoms with Crippen molar-refractivity contribution in [2.45, 2.75) is 20.4 Å². The topological polar surface area (TPSA) is 59.6 Å². The Bertz CT molecular complexity index is 686. The number of methoxy groups -OCH3 is 1. The van der Waals surface area contributed by atoms with Gasteiger partial charge in [0.15, 0.2) is 11.5 Å². The summed E-state index contributed by atoms with van der Waals surface area (Å²) in [6.45, 7) is 6.19. The third-order valence-corrected chi connectivity index (χ3v) is 3.49. The molecule has 0 unspecified atom stereocenters. The largest absolute Gasteiger partial charge is 0.493 e. The van der Waals surface area contributed by atoms with Crippen molar-refractivity contribution in [1.82, 2.24) is 5.32 Å². The molecular formula is C19H24N2O3. The summed E-state index contributed by atoms with van der Waals surface area (Å²) in [6, 6.07) is 13.0. The number of rotatable bonds is 8. The number of hydrogen-bond donors (Lipinski definition) is 2. The summed E-state index contributed by atoms with van der Waals surface area (Å²) >= 11 is 0. The minimum absolute atomic E-state index is 0.183. The van der Waals surface area contributed by atoms with Gasteiger partial charge in [-0.05, 0) is 49.4 Å². The zero-order valence-corrected chi connectivity index (χ0v) is 14.4. The van der Waals surface area contributed by atoms with Gasteiger partial charge in [-0.15, -0.1) is 0 Å². The summed E-state index contributed by atoms with van der Waals surface area (Å²) in [6.07, 6.45) is 0. The Morgan fingerprint density at radius 2 is 1.92 bits per heavy atom. The number of hydrogen-bond acceptors (Lipinski definition) is 4. The molecule has 2 aromatic rings. The molecule has 5 heteroatoms. The zero-order valence-electron chi connectivity index (χ0n) is 14.4. The molecule has 0 aliphatic heterocycles. The van der Waals surface area contributed by atoms with E-state index in [2.05, 4.69) is 17.6 Å².